The average Bonchev–Trinajstić information content (AvgIpc) is 3.36. The van der Waals surface area contributed by atoms with Crippen molar-refractivity contribution in [2.45, 2.75) is 93.4 Å². The van der Waals surface area contributed by atoms with Gasteiger partial charge in [0.2, 0.25) is 0 Å². The molecule has 0 aromatic rings. The van der Waals surface area contributed by atoms with Crippen LogP contribution in [0.3, 0.4) is 0 Å². The number of ketones is 2. The fourth-order valence-electron chi connectivity index (χ4n) is 11.0. The van der Waals surface area contributed by atoms with E-state index in [-0.39, 0.29) is 44.9 Å². The molecule has 5 aliphatic carbocycles. The summed E-state index contributed by atoms with van der Waals surface area (Å²) in [4.78, 5) is 30.4. The predicted octanol–water partition coefficient (Wildman–Crippen LogP) is 6.50. The maximum Gasteiger partial charge on any atom is 0.178 e. The van der Waals surface area contributed by atoms with E-state index in [1.54, 1.807) is 0 Å². The quantitative estimate of drug-likeness (QED) is 0.406. The zero-order valence-electron chi connectivity index (χ0n) is 25.3. The second kappa shape index (κ2) is 8.39. The number of nitrogens with zero attached hydrogens (tertiary/aromatic N) is 2. The first kappa shape index (κ1) is 27.4. The van der Waals surface area contributed by atoms with E-state index in [9.17, 15) is 14.9 Å². The highest BCUT2D eigenvalue weighted by atomic mass is 16.5. The normalized spacial score (nSPS) is 46.7. The van der Waals surface area contributed by atoms with Gasteiger partial charge in [-0.05, 0) is 84.5 Å². The molecular weight excluding hydrogens is 484 g/mol. The van der Waals surface area contributed by atoms with Gasteiger partial charge >= 0.3 is 0 Å². The van der Waals surface area contributed by atoms with Gasteiger partial charge in [0.15, 0.2) is 11.6 Å². The lowest BCUT2D eigenvalue weighted by molar-refractivity contribution is -0.174. The number of carbonyl (C=O) groups excluding carboxylic acids is 2. The summed E-state index contributed by atoms with van der Waals surface area (Å²) >= 11 is 0. The molecule has 1 aliphatic heterocycles. The second-order valence-corrected chi connectivity index (χ2v) is 16.2. The molecule has 5 nitrogen and oxygen atoms in total. The Morgan fingerprint density at radius 2 is 1.74 bits per heavy atom. The van der Waals surface area contributed by atoms with Gasteiger partial charge in [0, 0.05) is 29.8 Å². The van der Waals surface area contributed by atoms with Crippen molar-refractivity contribution in [3.63, 3.8) is 0 Å². The second-order valence-electron chi connectivity index (χ2n) is 16.2. The van der Waals surface area contributed by atoms with Gasteiger partial charge in [0.1, 0.15) is 6.07 Å². The summed E-state index contributed by atoms with van der Waals surface area (Å²) in [7, 11) is 0. The molecule has 6 aliphatic rings. The summed E-state index contributed by atoms with van der Waals surface area (Å²) < 4.78 is 5.75. The molecule has 39 heavy (non-hydrogen) atoms. The Kier molecular flexibility index (Phi) is 5.89. The molecule has 4 fully saturated rings. The van der Waals surface area contributed by atoms with Gasteiger partial charge in [0.25, 0.3) is 0 Å². The highest BCUT2D eigenvalue weighted by molar-refractivity contribution is 6.04. The number of Topliss-reactive ketones (excluding diaryl/α,β-unsaturated/α-hetero) is 1. The molecule has 2 unspecified atom stereocenters. The monoisotopic (exact) mass is 532 g/mol. The van der Waals surface area contributed by atoms with Gasteiger partial charge in [-0.1, -0.05) is 60.1 Å². The van der Waals surface area contributed by atoms with Crippen molar-refractivity contribution in [2.24, 2.45) is 50.2 Å². The number of nitriles is 1. The SMILES string of the molecule is CC1(C)CC[C@]2(CN3CCOC3)CC[C@]3(C)[C@H](C(=O)C=C4[C@@]5(C)C=C(C#N)C(=O)C(C)(C)C5CC[C@]43C)C2C1. The summed E-state index contributed by atoms with van der Waals surface area (Å²) in [6.45, 7) is 19.5. The molecule has 7 atom stereocenters. The maximum absolute atomic E-state index is 14.6. The Bertz CT molecular complexity index is 1220. The fraction of sp³-hybridized carbons (Fsp3) is 0.794. The van der Waals surface area contributed by atoms with Crippen molar-refractivity contribution in [3.8, 4) is 6.07 Å². The van der Waals surface area contributed by atoms with Gasteiger partial charge in [-0.25, -0.2) is 0 Å². The highest BCUT2D eigenvalue weighted by Gasteiger charge is 2.69. The topological polar surface area (TPSA) is 70.4 Å². The van der Waals surface area contributed by atoms with Gasteiger partial charge in [-0.3, -0.25) is 14.5 Å². The van der Waals surface area contributed by atoms with E-state index in [0.717, 1.165) is 58.5 Å². The van der Waals surface area contributed by atoms with Crippen molar-refractivity contribution < 1.29 is 14.3 Å². The summed E-state index contributed by atoms with van der Waals surface area (Å²) in [5.74, 6) is 0.732. The third-order valence-corrected chi connectivity index (χ3v) is 13.4. The first-order valence-corrected chi connectivity index (χ1v) is 15.4. The van der Waals surface area contributed by atoms with Gasteiger partial charge in [-0.2, -0.15) is 5.26 Å². The largest absolute Gasteiger partial charge is 0.365 e. The van der Waals surface area contributed by atoms with E-state index >= 15 is 0 Å². The Balaban J connectivity index is 1.48. The standard InChI is InChI=1S/C34H48N2O3/c1-29(2)10-12-34(20-36-14-15-39-21-36)13-11-33(7)27(23(34)18-29)24(37)16-26-31(5)17-22(19-35)28(38)30(3,4)25(31)8-9-32(26,33)6/h16-17,23,25,27H,8-15,18,20-21H2,1-7H3/t23?,25?,27-,31-,32+,33+,34+/m0/s1. The molecule has 0 aromatic carbocycles. The minimum absolute atomic E-state index is 0.0147. The van der Waals surface area contributed by atoms with E-state index in [2.05, 4.69) is 45.6 Å². The summed E-state index contributed by atoms with van der Waals surface area (Å²) in [6, 6.07) is 2.22. The Morgan fingerprint density at radius 1 is 1.03 bits per heavy atom. The third kappa shape index (κ3) is 3.56. The molecule has 0 aromatic heterocycles. The number of fused-ring (bicyclic) bond motifs is 7. The zero-order chi connectivity index (χ0) is 28.2. The number of hydrogen-bond donors (Lipinski definition) is 0. The highest BCUT2D eigenvalue weighted by Crippen LogP contribution is 2.74. The number of carbonyl (C=O) groups is 2. The van der Waals surface area contributed by atoms with Crippen LogP contribution in [0.25, 0.3) is 0 Å². The van der Waals surface area contributed by atoms with Crippen LogP contribution >= 0.6 is 0 Å². The van der Waals surface area contributed by atoms with E-state index < -0.39 is 10.8 Å². The van der Waals surface area contributed by atoms with Crippen molar-refractivity contribution in [1.29, 1.82) is 5.26 Å². The molecule has 0 amide bonds. The van der Waals surface area contributed by atoms with Crippen LogP contribution in [0.15, 0.2) is 23.3 Å². The molecular formula is C34H48N2O3. The first-order chi connectivity index (χ1) is 18.1. The minimum Gasteiger partial charge on any atom is -0.365 e. The minimum atomic E-state index is -0.621. The average molecular weight is 533 g/mol. The fourth-order valence-corrected chi connectivity index (χ4v) is 11.0. The van der Waals surface area contributed by atoms with E-state index in [4.69, 9.17) is 4.74 Å². The van der Waals surface area contributed by atoms with Crippen LogP contribution in [-0.2, 0) is 14.3 Å². The van der Waals surface area contributed by atoms with Crippen LogP contribution in [0.4, 0.5) is 0 Å². The lowest BCUT2D eigenvalue weighted by Gasteiger charge is -2.69. The first-order valence-electron chi connectivity index (χ1n) is 15.4. The summed E-state index contributed by atoms with van der Waals surface area (Å²) in [6.07, 6.45) is 11.7. The van der Waals surface area contributed by atoms with Crippen LogP contribution in [0, 0.1) is 61.6 Å². The summed E-state index contributed by atoms with van der Waals surface area (Å²) in [5, 5.41) is 9.93. The molecule has 1 saturated heterocycles. The Morgan fingerprint density at radius 3 is 2.41 bits per heavy atom. The van der Waals surface area contributed by atoms with Gasteiger partial charge in [-0.15, -0.1) is 0 Å². The molecule has 0 radical (unpaired) electrons. The third-order valence-electron chi connectivity index (χ3n) is 13.4. The van der Waals surface area contributed by atoms with Crippen LogP contribution in [0.2, 0.25) is 0 Å². The Labute approximate surface area is 235 Å². The predicted molar refractivity (Wildman–Crippen MR) is 151 cm³/mol. The van der Waals surface area contributed by atoms with E-state index in [1.165, 1.54) is 18.4 Å². The van der Waals surface area contributed by atoms with Crippen LogP contribution in [-0.4, -0.2) is 42.9 Å². The molecule has 1 heterocycles. The van der Waals surface area contributed by atoms with Crippen molar-refractivity contribution >= 4 is 11.6 Å². The molecule has 3 saturated carbocycles. The van der Waals surface area contributed by atoms with Crippen LogP contribution < -0.4 is 0 Å². The Hall–Kier alpha value is -1.77. The van der Waals surface area contributed by atoms with E-state index in [0.29, 0.717) is 11.7 Å². The van der Waals surface area contributed by atoms with Crippen LogP contribution in [0.5, 0.6) is 0 Å². The molecule has 0 spiro atoms. The number of ether oxygens (including phenoxy) is 1. The number of hydrogen-bond acceptors (Lipinski definition) is 5. The number of allylic oxidation sites excluding steroid dienone is 4. The molecule has 5 heteroatoms. The smallest absolute Gasteiger partial charge is 0.178 e. The van der Waals surface area contributed by atoms with Gasteiger partial charge < -0.3 is 4.74 Å². The van der Waals surface area contributed by atoms with Crippen molar-refractivity contribution in [2.75, 3.05) is 26.4 Å². The van der Waals surface area contributed by atoms with Crippen molar-refractivity contribution in [3.05, 3.63) is 23.3 Å². The van der Waals surface area contributed by atoms with Crippen molar-refractivity contribution in [1.82, 2.24) is 4.90 Å². The summed E-state index contributed by atoms with van der Waals surface area (Å²) in [5.41, 5.74) is 0.496. The molecule has 6 rings (SSSR count). The lowest BCUT2D eigenvalue weighted by atomic mass is 9.34. The molecule has 0 N–H and O–H groups in total. The zero-order valence-corrected chi connectivity index (χ0v) is 25.3. The number of rotatable bonds is 2. The van der Waals surface area contributed by atoms with E-state index in [1.807, 2.05) is 26.0 Å². The lowest BCUT2D eigenvalue weighted by Crippen LogP contribution is -2.65. The molecule has 212 valence electrons. The molecule has 0 bridgehead atoms. The van der Waals surface area contributed by atoms with Crippen LogP contribution in [0.1, 0.15) is 93.4 Å². The maximum atomic E-state index is 14.6. The van der Waals surface area contributed by atoms with Gasteiger partial charge in [0.05, 0.1) is 18.9 Å².